The summed E-state index contributed by atoms with van der Waals surface area (Å²) in [6.45, 7) is 4.80. The summed E-state index contributed by atoms with van der Waals surface area (Å²) in [5, 5.41) is 13.8. The molecule has 0 radical (unpaired) electrons. The Morgan fingerprint density at radius 3 is 2.41 bits per heavy atom. The summed E-state index contributed by atoms with van der Waals surface area (Å²) in [5.74, 6) is 0.696. The van der Waals surface area contributed by atoms with Gasteiger partial charge in [0.1, 0.15) is 11.8 Å². The van der Waals surface area contributed by atoms with Gasteiger partial charge in [0.05, 0.1) is 30.3 Å². The molecule has 0 spiro atoms. The second-order valence-electron chi connectivity index (χ2n) is 7.75. The zero-order valence-corrected chi connectivity index (χ0v) is 18.5. The van der Waals surface area contributed by atoms with E-state index in [9.17, 15) is 10.1 Å². The number of fused-ring (bicyclic) bond motifs is 1. The zero-order chi connectivity index (χ0) is 22.7. The van der Waals surface area contributed by atoms with E-state index in [0.29, 0.717) is 12.0 Å². The molecule has 5 nitrogen and oxygen atoms in total. The molecule has 0 atom stereocenters. The molecular weight excluding hydrogens is 398 g/mol. The molecule has 3 aromatic carbocycles. The first kappa shape index (κ1) is 21.2. The fourth-order valence-corrected chi connectivity index (χ4v) is 4.01. The summed E-state index contributed by atoms with van der Waals surface area (Å²) in [5.41, 5.74) is 6.28. The van der Waals surface area contributed by atoms with Crippen LogP contribution in [-0.4, -0.2) is 17.6 Å². The number of methoxy groups -OCH3 is 1. The number of amides is 1. The van der Waals surface area contributed by atoms with Crippen molar-refractivity contribution in [3.63, 3.8) is 0 Å². The van der Waals surface area contributed by atoms with Crippen molar-refractivity contribution in [1.82, 2.24) is 4.57 Å². The largest absolute Gasteiger partial charge is 0.497 e. The minimum absolute atomic E-state index is 0.0610. The normalized spacial score (nSPS) is 10.7. The van der Waals surface area contributed by atoms with Gasteiger partial charge in [-0.2, -0.15) is 5.26 Å². The first-order valence-electron chi connectivity index (χ1n) is 10.6. The van der Waals surface area contributed by atoms with Gasteiger partial charge in [0.15, 0.2) is 0 Å². The summed E-state index contributed by atoms with van der Waals surface area (Å²) < 4.78 is 7.50. The highest BCUT2D eigenvalue weighted by atomic mass is 16.5. The van der Waals surface area contributed by atoms with Gasteiger partial charge >= 0.3 is 0 Å². The molecule has 0 fully saturated rings. The van der Waals surface area contributed by atoms with Gasteiger partial charge < -0.3 is 14.6 Å². The summed E-state index contributed by atoms with van der Waals surface area (Å²) >= 11 is 0. The topological polar surface area (TPSA) is 67.0 Å². The highest BCUT2D eigenvalue weighted by molar-refractivity contribution is 5.96. The van der Waals surface area contributed by atoms with E-state index in [0.717, 1.165) is 45.7 Å². The molecule has 0 aliphatic heterocycles. The Labute approximate surface area is 187 Å². The van der Waals surface area contributed by atoms with Crippen molar-refractivity contribution in [3.05, 3.63) is 83.4 Å². The van der Waals surface area contributed by atoms with E-state index >= 15 is 0 Å². The molecule has 0 aliphatic carbocycles. The molecule has 160 valence electrons. The Hall–Kier alpha value is -4.04. The van der Waals surface area contributed by atoms with Gasteiger partial charge in [0, 0.05) is 23.7 Å². The van der Waals surface area contributed by atoms with E-state index in [1.165, 1.54) is 5.56 Å². The zero-order valence-electron chi connectivity index (χ0n) is 18.5. The van der Waals surface area contributed by atoms with Crippen LogP contribution in [0.4, 0.5) is 5.69 Å². The van der Waals surface area contributed by atoms with Crippen LogP contribution in [0.5, 0.6) is 5.75 Å². The van der Waals surface area contributed by atoms with Crippen molar-refractivity contribution in [3.8, 4) is 23.1 Å². The molecule has 1 heterocycles. The number of aryl methyl sites for hydroxylation is 2. The fourth-order valence-electron chi connectivity index (χ4n) is 4.01. The number of carbonyl (C=O) groups is 1. The third-order valence-electron chi connectivity index (χ3n) is 5.63. The Bertz CT molecular complexity index is 1310. The van der Waals surface area contributed by atoms with Crippen molar-refractivity contribution >= 4 is 22.5 Å². The smallest absolute Gasteiger partial charge is 0.228 e. The number of nitrogens with zero attached hydrogens (tertiary/aromatic N) is 2. The van der Waals surface area contributed by atoms with E-state index < -0.39 is 0 Å². The highest BCUT2D eigenvalue weighted by Crippen LogP contribution is 2.35. The van der Waals surface area contributed by atoms with Crippen molar-refractivity contribution in [1.29, 1.82) is 5.26 Å². The average Bonchev–Trinajstić information content (AvgIpc) is 3.13. The maximum atomic E-state index is 12.4. The fraction of sp³-hybridized carbons (Fsp3) is 0.185. The van der Waals surface area contributed by atoms with Gasteiger partial charge in [0.2, 0.25) is 5.91 Å². The minimum atomic E-state index is -0.0610. The maximum Gasteiger partial charge on any atom is 0.228 e. The molecule has 1 amide bonds. The predicted octanol–water partition coefficient (Wildman–Crippen LogP) is 5.70. The molecule has 0 saturated carbocycles. The number of ether oxygens (including phenoxy) is 1. The van der Waals surface area contributed by atoms with Crippen LogP contribution in [0, 0.1) is 18.3 Å². The van der Waals surface area contributed by atoms with Gasteiger partial charge in [0.25, 0.3) is 0 Å². The molecule has 4 rings (SSSR count). The molecule has 32 heavy (non-hydrogen) atoms. The second kappa shape index (κ2) is 8.99. The summed E-state index contributed by atoms with van der Waals surface area (Å²) in [7, 11) is 1.64. The number of carbonyl (C=O) groups excluding carboxylic acids is 1. The van der Waals surface area contributed by atoms with E-state index in [1.807, 2.05) is 73.7 Å². The predicted molar refractivity (Wildman–Crippen MR) is 128 cm³/mol. The lowest BCUT2D eigenvalue weighted by molar-refractivity contribution is -0.115. The number of anilines is 1. The van der Waals surface area contributed by atoms with E-state index in [2.05, 4.69) is 22.9 Å². The highest BCUT2D eigenvalue weighted by Gasteiger charge is 2.18. The summed E-state index contributed by atoms with van der Waals surface area (Å²) in [6.07, 6.45) is 0.326. The lowest BCUT2D eigenvalue weighted by Gasteiger charge is -2.11. The van der Waals surface area contributed by atoms with Gasteiger partial charge in [-0.05, 0) is 49.2 Å². The van der Waals surface area contributed by atoms with Crippen LogP contribution in [0.15, 0.2) is 66.7 Å². The van der Waals surface area contributed by atoms with Crippen LogP contribution < -0.4 is 10.1 Å². The number of benzene rings is 3. The lowest BCUT2D eigenvalue weighted by Crippen LogP contribution is -2.14. The minimum Gasteiger partial charge on any atom is -0.497 e. The Balaban J connectivity index is 1.62. The lowest BCUT2D eigenvalue weighted by atomic mass is 10.1. The monoisotopic (exact) mass is 423 g/mol. The molecule has 0 saturated heterocycles. The van der Waals surface area contributed by atoms with Gasteiger partial charge in [-0.1, -0.05) is 42.0 Å². The standard InChI is InChI=1S/C27H25N3O2/c1-4-30-25-16-22(32-3)13-14-23(25)24(17-28)27(30)20-9-11-21(12-10-20)29-26(31)15-19-7-5-18(2)6-8-19/h5-14,16H,4,15H2,1-3H3,(H,29,31). The quantitative estimate of drug-likeness (QED) is 0.433. The first-order valence-corrected chi connectivity index (χ1v) is 10.6. The Morgan fingerprint density at radius 1 is 1.06 bits per heavy atom. The molecule has 5 heteroatoms. The van der Waals surface area contributed by atoms with Crippen molar-refractivity contribution < 1.29 is 9.53 Å². The van der Waals surface area contributed by atoms with Crippen molar-refractivity contribution in [2.24, 2.45) is 0 Å². The van der Waals surface area contributed by atoms with Gasteiger partial charge in [-0.25, -0.2) is 0 Å². The van der Waals surface area contributed by atoms with Crippen LogP contribution in [0.1, 0.15) is 23.6 Å². The average molecular weight is 424 g/mol. The molecule has 4 aromatic rings. The van der Waals surface area contributed by atoms with E-state index in [4.69, 9.17) is 4.74 Å². The third-order valence-corrected chi connectivity index (χ3v) is 5.63. The van der Waals surface area contributed by atoms with Gasteiger partial charge in [-0.3, -0.25) is 4.79 Å². The second-order valence-corrected chi connectivity index (χ2v) is 7.75. The number of nitriles is 1. The van der Waals surface area contributed by atoms with Crippen LogP contribution in [0.2, 0.25) is 0 Å². The first-order chi connectivity index (χ1) is 15.5. The van der Waals surface area contributed by atoms with Crippen LogP contribution >= 0.6 is 0 Å². The summed E-state index contributed by atoms with van der Waals surface area (Å²) in [6, 6.07) is 23.7. The number of hydrogen-bond acceptors (Lipinski definition) is 3. The van der Waals surface area contributed by atoms with Crippen molar-refractivity contribution in [2.75, 3.05) is 12.4 Å². The number of nitrogens with one attached hydrogen (secondary N) is 1. The molecule has 0 unspecified atom stereocenters. The maximum absolute atomic E-state index is 12.4. The van der Waals surface area contributed by atoms with E-state index in [1.54, 1.807) is 7.11 Å². The van der Waals surface area contributed by atoms with Crippen LogP contribution in [-0.2, 0) is 17.8 Å². The van der Waals surface area contributed by atoms with Crippen LogP contribution in [0.3, 0.4) is 0 Å². The Kier molecular flexibility index (Phi) is 5.96. The van der Waals surface area contributed by atoms with Crippen molar-refractivity contribution in [2.45, 2.75) is 26.8 Å². The third kappa shape index (κ3) is 4.08. The van der Waals surface area contributed by atoms with Gasteiger partial charge in [-0.15, -0.1) is 0 Å². The molecule has 0 bridgehead atoms. The van der Waals surface area contributed by atoms with Crippen LogP contribution in [0.25, 0.3) is 22.2 Å². The Morgan fingerprint density at radius 2 is 1.78 bits per heavy atom. The molecule has 1 N–H and O–H groups in total. The number of rotatable bonds is 6. The summed E-state index contributed by atoms with van der Waals surface area (Å²) in [4.78, 5) is 12.4. The van der Waals surface area contributed by atoms with E-state index in [-0.39, 0.29) is 5.91 Å². The molecular formula is C27H25N3O2. The molecule has 1 aromatic heterocycles. The number of aromatic nitrogens is 1. The molecule has 0 aliphatic rings. The number of hydrogen-bond donors (Lipinski definition) is 1. The SMILES string of the molecule is CCn1c(-c2ccc(NC(=O)Cc3ccc(C)cc3)cc2)c(C#N)c2ccc(OC)cc21.